The molecule has 10 heteroatoms. The number of nitro benzene ring substituents is 1. The van der Waals surface area contributed by atoms with Gasteiger partial charge in [-0.3, -0.25) is 14.9 Å². The third-order valence-corrected chi connectivity index (χ3v) is 5.36. The highest BCUT2D eigenvalue weighted by Gasteiger charge is 2.29. The molecule has 0 bridgehead atoms. The number of benzene rings is 2. The van der Waals surface area contributed by atoms with Crippen LogP contribution in [0.25, 0.3) is 6.08 Å². The van der Waals surface area contributed by atoms with E-state index in [0.717, 1.165) is 24.3 Å². The molecule has 0 radical (unpaired) electrons. The van der Waals surface area contributed by atoms with Gasteiger partial charge in [0, 0.05) is 23.3 Å². The summed E-state index contributed by atoms with van der Waals surface area (Å²) in [6, 6.07) is 4.17. The molecule has 2 rings (SSSR count). The Morgan fingerprint density at radius 2 is 2.07 bits per heavy atom. The highest BCUT2D eigenvalue weighted by atomic mass is 79.9. The molecular weight excluding hydrogens is 483 g/mol. The molecule has 1 unspecified atom stereocenters. The molecule has 0 amide bonds. The second-order valence-electron chi connectivity index (χ2n) is 6.29. The predicted octanol–water partition coefficient (Wildman–Crippen LogP) is 5.32. The van der Waals surface area contributed by atoms with Crippen molar-refractivity contribution >= 4 is 56.7 Å². The second-order valence-corrected chi connectivity index (χ2v) is 7.49. The summed E-state index contributed by atoms with van der Waals surface area (Å²) in [5.74, 6) is -2.25. The number of anilines is 1. The topological polar surface area (TPSA) is 113 Å². The molecular formula is C20H17BrClFN2O5. The maximum absolute atomic E-state index is 13.6. The third kappa shape index (κ3) is 5.22. The first-order valence-corrected chi connectivity index (χ1v) is 9.88. The minimum atomic E-state index is -0.878. The van der Waals surface area contributed by atoms with Gasteiger partial charge < -0.3 is 10.5 Å². The number of hydrogen-bond donors (Lipinski definition) is 1. The van der Waals surface area contributed by atoms with E-state index in [-0.39, 0.29) is 38.0 Å². The van der Waals surface area contributed by atoms with Crippen LogP contribution in [0, 0.1) is 15.9 Å². The Hall–Kier alpha value is -2.78. The lowest BCUT2D eigenvalue weighted by molar-refractivity contribution is -0.385. The third-order valence-electron chi connectivity index (χ3n) is 4.20. The summed E-state index contributed by atoms with van der Waals surface area (Å²) < 4.78 is 18.6. The van der Waals surface area contributed by atoms with Crippen molar-refractivity contribution in [2.75, 3.05) is 5.73 Å². The highest BCUT2D eigenvalue weighted by Crippen LogP contribution is 2.38. The van der Waals surface area contributed by atoms with Gasteiger partial charge in [0.05, 0.1) is 26.2 Å². The SMILES string of the molecule is CCC(C)OC(=O)/C=C/c1cc([N+](=O)[O-])c(C(=O)c2cc(F)ccc2Cl)c(Br)c1N. The molecule has 0 saturated carbocycles. The predicted molar refractivity (Wildman–Crippen MR) is 115 cm³/mol. The van der Waals surface area contributed by atoms with Crippen molar-refractivity contribution in [3.8, 4) is 0 Å². The van der Waals surface area contributed by atoms with Gasteiger partial charge in [-0.15, -0.1) is 0 Å². The van der Waals surface area contributed by atoms with Crippen molar-refractivity contribution in [3.63, 3.8) is 0 Å². The average molecular weight is 500 g/mol. The fourth-order valence-electron chi connectivity index (χ4n) is 2.45. The number of nitrogens with two attached hydrogens (primary N) is 1. The van der Waals surface area contributed by atoms with Gasteiger partial charge in [0.2, 0.25) is 5.78 Å². The van der Waals surface area contributed by atoms with Gasteiger partial charge in [-0.25, -0.2) is 9.18 Å². The second kappa shape index (κ2) is 9.82. The van der Waals surface area contributed by atoms with Crippen LogP contribution in [0.1, 0.15) is 41.8 Å². The van der Waals surface area contributed by atoms with E-state index in [4.69, 9.17) is 22.1 Å². The number of halogens is 3. The zero-order chi connectivity index (χ0) is 22.6. The number of carbonyl (C=O) groups excluding carboxylic acids is 2. The van der Waals surface area contributed by atoms with Crippen molar-refractivity contribution in [1.82, 2.24) is 0 Å². The lowest BCUT2D eigenvalue weighted by Gasteiger charge is -2.12. The molecule has 30 heavy (non-hydrogen) atoms. The largest absolute Gasteiger partial charge is 0.460 e. The molecule has 1 atom stereocenters. The number of esters is 1. The van der Waals surface area contributed by atoms with E-state index in [0.29, 0.717) is 6.42 Å². The van der Waals surface area contributed by atoms with Crippen molar-refractivity contribution in [2.45, 2.75) is 26.4 Å². The Labute approximate surface area is 184 Å². The van der Waals surface area contributed by atoms with Crippen molar-refractivity contribution in [3.05, 3.63) is 72.5 Å². The minimum absolute atomic E-state index is 0.0240. The van der Waals surface area contributed by atoms with Crippen LogP contribution in [0.3, 0.4) is 0 Å². The van der Waals surface area contributed by atoms with Crippen LogP contribution in [0.15, 0.2) is 34.8 Å². The molecule has 2 aromatic carbocycles. The van der Waals surface area contributed by atoms with E-state index < -0.39 is 28.2 Å². The number of nitrogen functional groups attached to an aromatic ring is 1. The fraction of sp³-hybridized carbons (Fsp3) is 0.200. The molecule has 2 N–H and O–H groups in total. The molecule has 0 aromatic heterocycles. The average Bonchev–Trinajstić information content (AvgIpc) is 2.69. The monoisotopic (exact) mass is 498 g/mol. The number of ketones is 1. The number of nitrogens with zero attached hydrogens (tertiary/aromatic N) is 1. The zero-order valence-corrected chi connectivity index (χ0v) is 18.3. The lowest BCUT2D eigenvalue weighted by Crippen LogP contribution is -2.12. The molecule has 0 heterocycles. The number of nitro groups is 1. The van der Waals surface area contributed by atoms with Gasteiger partial charge >= 0.3 is 5.97 Å². The summed E-state index contributed by atoms with van der Waals surface area (Å²) >= 11 is 9.08. The Morgan fingerprint density at radius 1 is 1.40 bits per heavy atom. The van der Waals surface area contributed by atoms with Crippen LogP contribution in [0.2, 0.25) is 5.02 Å². The maximum Gasteiger partial charge on any atom is 0.331 e. The standard InChI is InChI=1S/C20H17BrClFN2O5/c1-3-10(2)30-16(26)7-4-11-8-15(25(28)29)17(18(21)19(11)24)20(27)13-9-12(23)5-6-14(13)22/h4-10H,3,24H2,1-2H3/b7-4+. The number of hydrogen-bond acceptors (Lipinski definition) is 6. The Kier molecular flexibility index (Phi) is 7.69. The van der Waals surface area contributed by atoms with Gasteiger partial charge in [0.15, 0.2) is 0 Å². The summed E-state index contributed by atoms with van der Waals surface area (Å²) in [6.45, 7) is 3.57. The number of carbonyl (C=O) groups is 2. The summed E-state index contributed by atoms with van der Waals surface area (Å²) in [4.78, 5) is 35.6. The first-order valence-electron chi connectivity index (χ1n) is 8.71. The smallest absolute Gasteiger partial charge is 0.331 e. The first-order chi connectivity index (χ1) is 14.1. The normalized spacial score (nSPS) is 12.0. The van der Waals surface area contributed by atoms with Crippen LogP contribution in [-0.2, 0) is 9.53 Å². The quantitative estimate of drug-likeness (QED) is 0.138. The van der Waals surface area contributed by atoms with Crippen LogP contribution in [0.4, 0.5) is 15.8 Å². The van der Waals surface area contributed by atoms with E-state index in [1.807, 2.05) is 6.92 Å². The summed E-state index contributed by atoms with van der Waals surface area (Å²) in [6.07, 6.45) is 2.66. The molecule has 0 aliphatic rings. The Morgan fingerprint density at radius 3 is 2.67 bits per heavy atom. The molecule has 158 valence electrons. The van der Waals surface area contributed by atoms with Crippen LogP contribution >= 0.6 is 27.5 Å². The van der Waals surface area contributed by atoms with Crippen LogP contribution < -0.4 is 5.73 Å². The van der Waals surface area contributed by atoms with E-state index in [1.54, 1.807) is 6.92 Å². The van der Waals surface area contributed by atoms with Gasteiger partial charge in [-0.05, 0) is 53.5 Å². The molecule has 0 spiro atoms. The molecule has 7 nitrogen and oxygen atoms in total. The highest BCUT2D eigenvalue weighted by molar-refractivity contribution is 9.10. The molecule has 0 aliphatic carbocycles. The molecule has 0 aliphatic heterocycles. The van der Waals surface area contributed by atoms with E-state index >= 15 is 0 Å². The van der Waals surface area contributed by atoms with Crippen molar-refractivity contribution < 1.29 is 23.6 Å². The number of rotatable bonds is 7. The van der Waals surface area contributed by atoms with Crippen molar-refractivity contribution in [1.29, 1.82) is 0 Å². The first kappa shape index (κ1) is 23.5. The van der Waals surface area contributed by atoms with Crippen LogP contribution in [0.5, 0.6) is 0 Å². The lowest BCUT2D eigenvalue weighted by atomic mass is 9.98. The number of ether oxygens (including phenoxy) is 1. The zero-order valence-electron chi connectivity index (χ0n) is 15.9. The summed E-state index contributed by atoms with van der Waals surface area (Å²) in [7, 11) is 0. The van der Waals surface area contributed by atoms with E-state index in [1.165, 1.54) is 12.1 Å². The Bertz CT molecular complexity index is 1060. The molecule has 0 saturated heterocycles. The van der Waals surface area contributed by atoms with Gasteiger partial charge in [0.1, 0.15) is 11.4 Å². The van der Waals surface area contributed by atoms with Gasteiger partial charge in [-0.2, -0.15) is 0 Å². The van der Waals surface area contributed by atoms with Gasteiger partial charge in [0.25, 0.3) is 5.69 Å². The van der Waals surface area contributed by atoms with E-state index in [2.05, 4.69) is 15.9 Å². The van der Waals surface area contributed by atoms with Crippen LogP contribution in [-0.4, -0.2) is 22.8 Å². The molecule has 0 fully saturated rings. The van der Waals surface area contributed by atoms with E-state index in [9.17, 15) is 24.1 Å². The molecule has 2 aromatic rings. The summed E-state index contributed by atoms with van der Waals surface area (Å²) in [5.41, 5.74) is 4.89. The maximum atomic E-state index is 13.6. The summed E-state index contributed by atoms with van der Waals surface area (Å²) in [5, 5.41) is 11.5. The fourth-order valence-corrected chi connectivity index (χ4v) is 3.27. The van der Waals surface area contributed by atoms with Gasteiger partial charge in [-0.1, -0.05) is 18.5 Å². The minimum Gasteiger partial charge on any atom is -0.460 e. The Balaban J connectivity index is 2.55. The van der Waals surface area contributed by atoms with Crippen molar-refractivity contribution in [2.24, 2.45) is 0 Å².